The Balaban J connectivity index is 1.78. The van der Waals surface area contributed by atoms with Gasteiger partial charge in [0.05, 0.1) is 34.6 Å². The van der Waals surface area contributed by atoms with Crippen LogP contribution in [0.4, 0.5) is 18.9 Å². The number of nitrogens with two attached hydrogens (primary N) is 1. The second-order valence-electron chi connectivity index (χ2n) is 6.71. The molecule has 0 bridgehead atoms. The van der Waals surface area contributed by atoms with Crippen LogP contribution in [0, 0.1) is 13.8 Å². The number of hydrogen-bond donors (Lipinski definition) is 1. The van der Waals surface area contributed by atoms with Crippen molar-refractivity contribution in [2.45, 2.75) is 26.6 Å². The molecule has 1 aliphatic heterocycles. The van der Waals surface area contributed by atoms with Crippen LogP contribution in [0.15, 0.2) is 28.8 Å². The number of aromatic nitrogens is 3. The van der Waals surface area contributed by atoms with Crippen LogP contribution >= 0.6 is 0 Å². The molecule has 0 atom stereocenters. The minimum Gasteiger partial charge on any atom is -0.396 e. The quantitative estimate of drug-likeness (QED) is 0.651. The van der Waals surface area contributed by atoms with E-state index in [1.54, 1.807) is 6.92 Å². The molecule has 0 fully saturated rings. The third-order valence-electron chi connectivity index (χ3n) is 4.72. The minimum atomic E-state index is -4.63. The molecule has 30 heavy (non-hydrogen) atoms. The first-order chi connectivity index (χ1) is 14.1. The van der Waals surface area contributed by atoms with Crippen molar-refractivity contribution in [2.24, 2.45) is 0 Å². The Kier molecular flexibility index (Phi) is 4.33. The summed E-state index contributed by atoms with van der Waals surface area (Å²) < 4.78 is 45.0. The molecule has 0 saturated heterocycles. The van der Waals surface area contributed by atoms with Crippen molar-refractivity contribution in [1.29, 1.82) is 0 Å². The molecule has 1 aliphatic rings. The molecule has 0 radical (unpaired) electrons. The number of pyridine rings is 1. The molecule has 0 unspecified atom stereocenters. The van der Waals surface area contributed by atoms with E-state index in [2.05, 4.69) is 15.1 Å². The van der Waals surface area contributed by atoms with Gasteiger partial charge in [-0.05, 0) is 25.5 Å². The largest absolute Gasteiger partial charge is 0.416 e. The molecule has 0 saturated carbocycles. The first kappa shape index (κ1) is 19.6. The molecule has 11 heteroatoms. The van der Waals surface area contributed by atoms with Gasteiger partial charge in [0.25, 0.3) is 17.7 Å². The Bertz CT molecular complexity index is 1200. The first-order valence-corrected chi connectivity index (χ1v) is 8.71. The van der Waals surface area contributed by atoms with Gasteiger partial charge >= 0.3 is 6.18 Å². The lowest BCUT2D eigenvalue weighted by Crippen LogP contribution is -2.30. The lowest BCUT2D eigenvalue weighted by molar-refractivity contribution is -0.138. The van der Waals surface area contributed by atoms with Crippen LogP contribution in [-0.2, 0) is 12.7 Å². The van der Waals surface area contributed by atoms with Gasteiger partial charge in [0, 0.05) is 0 Å². The van der Waals surface area contributed by atoms with Crippen LogP contribution in [0.5, 0.6) is 0 Å². The summed E-state index contributed by atoms with van der Waals surface area (Å²) in [4.78, 5) is 34.8. The number of carbonyl (C=O) groups is 2. The summed E-state index contributed by atoms with van der Waals surface area (Å²) in [5.41, 5.74) is 4.82. The van der Waals surface area contributed by atoms with Gasteiger partial charge in [0.1, 0.15) is 0 Å². The number of rotatable bonds is 3. The zero-order chi connectivity index (χ0) is 21.8. The van der Waals surface area contributed by atoms with Gasteiger partial charge in [-0.15, -0.1) is 0 Å². The average molecular weight is 417 g/mol. The van der Waals surface area contributed by atoms with E-state index in [1.165, 1.54) is 25.1 Å². The molecule has 2 amide bonds. The maximum Gasteiger partial charge on any atom is 0.416 e. The van der Waals surface area contributed by atoms with E-state index in [4.69, 9.17) is 10.3 Å². The smallest absolute Gasteiger partial charge is 0.396 e. The van der Waals surface area contributed by atoms with Crippen LogP contribution in [0.25, 0.3) is 11.6 Å². The van der Waals surface area contributed by atoms with Gasteiger partial charge in [-0.3, -0.25) is 14.5 Å². The van der Waals surface area contributed by atoms with E-state index in [0.29, 0.717) is 5.82 Å². The van der Waals surface area contributed by atoms with Crippen molar-refractivity contribution >= 4 is 17.5 Å². The molecule has 2 aromatic heterocycles. The lowest BCUT2D eigenvalue weighted by atomic mass is 10.0. The minimum absolute atomic E-state index is 0.0305. The van der Waals surface area contributed by atoms with E-state index in [0.717, 1.165) is 11.0 Å². The van der Waals surface area contributed by atoms with E-state index in [1.807, 2.05) is 0 Å². The van der Waals surface area contributed by atoms with Gasteiger partial charge in [0.2, 0.25) is 0 Å². The Hall–Kier alpha value is -3.76. The van der Waals surface area contributed by atoms with Crippen LogP contribution < -0.4 is 5.73 Å². The highest BCUT2D eigenvalue weighted by Crippen LogP contribution is 2.37. The Morgan fingerprint density at radius 3 is 2.37 bits per heavy atom. The molecule has 4 rings (SSSR count). The number of aryl methyl sites for hydroxylation is 2. The standard InChI is InChI=1S/C19H14F3N5O3/c1-8-12-13(14(23)15(24-8)16-25-9(2)26-30-16)18(29)27(17(12)28)7-10-5-3-4-6-11(10)19(20,21)22/h3-6H,7,23H2,1-2H3. The second-order valence-corrected chi connectivity index (χ2v) is 6.71. The lowest BCUT2D eigenvalue weighted by Gasteiger charge is -2.18. The van der Waals surface area contributed by atoms with E-state index >= 15 is 0 Å². The number of anilines is 1. The fourth-order valence-corrected chi connectivity index (χ4v) is 3.37. The zero-order valence-electron chi connectivity index (χ0n) is 15.7. The third-order valence-corrected chi connectivity index (χ3v) is 4.72. The monoisotopic (exact) mass is 417 g/mol. The summed E-state index contributed by atoms with van der Waals surface area (Å²) in [7, 11) is 0. The molecule has 0 aliphatic carbocycles. The van der Waals surface area contributed by atoms with Crippen molar-refractivity contribution in [3.63, 3.8) is 0 Å². The third kappa shape index (κ3) is 2.98. The summed E-state index contributed by atoms with van der Waals surface area (Å²) in [6.45, 7) is 2.51. The number of halogens is 3. The number of benzene rings is 1. The summed E-state index contributed by atoms with van der Waals surface area (Å²) in [5.74, 6) is -1.29. The van der Waals surface area contributed by atoms with Crippen molar-refractivity contribution in [1.82, 2.24) is 20.0 Å². The van der Waals surface area contributed by atoms with E-state index < -0.39 is 30.1 Å². The van der Waals surface area contributed by atoms with Crippen molar-refractivity contribution in [3.8, 4) is 11.6 Å². The van der Waals surface area contributed by atoms with Crippen LogP contribution in [0.1, 0.15) is 43.4 Å². The van der Waals surface area contributed by atoms with Crippen LogP contribution in [0.2, 0.25) is 0 Å². The van der Waals surface area contributed by atoms with Crippen molar-refractivity contribution in [2.75, 3.05) is 5.73 Å². The topological polar surface area (TPSA) is 115 Å². The second kappa shape index (κ2) is 6.65. The number of nitrogen functional groups attached to an aromatic ring is 1. The fraction of sp³-hybridized carbons (Fsp3) is 0.211. The first-order valence-electron chi connectivity index (χ1n) is 8.71. The Morgan fingerprint density at radius 1 is 1.07 bits per heavy atom. The molecular weight excluding hydrogens is 403 g/mol. The Labute approximate surface area is 167 Å². The molecule has 8 nitrogen and oxygen atoms in total. The Morgan fingerprint density at radius 2 is 1.73 bits per heavy atom. The van der Waals surface area contributed by atoms with E-state index in [-0.39, 0.29) is 39.7 Å². The van der Waals surface area contributed by atoms with Crippen LogP contribution in [0.3, 0.4) is 0 Å². The van der Waals surface area contributed by atoms with E-state index in [9.17, 15) is 22.8 Å². The van der Waals surface area contributed by atoms with Crippen molar-refractivity contribution < 1.29 is 27.3 Å². The zero-order valence-corrected chi connectivity index (χ0v) is 15.7. The molecule has 1 aromatic carbocycles. The number of alkyl halides is 3. The molecule has 0 spiro atoms. The normalized spacial score (nSPS) is 13.8. The molecule has 3 aromatic rings. The summed E-state index contributed by atoms with van der Waals surface area (Å²) >= 11 is 0. The number of carbonyl (C=O) groups excluding carboxylic acids is 2. The summed E-state index contributed by atoms with van der Waals surface area (Å²) in [5, 5.41) is 3.64. The highest BCUT2D eigenvalue weighted by Gasteiger charge is 2.42. The van der Waals surface area contributed by atoms with Crippen molar-refractivity contribution in [3.05, 3.63) is 58.0 Å². The van der Waals surface area contributed by atoms with Gasteiger partial charge in [-0.25, -0.2) is 4.98 Å². The maximum atomic E-state index is 13.3. The number of fused-ring (bicyclic) bond motifs is 1. The molecule has 3 heterocycles. The predicted octanol–water partition coefficient (Wildman–Crippen LogP) is 3.15. The highest BCUT2D eigenvalue weighted by atomic mass is 19.4. The summed E-state index contributed by atoms with van der Waals surface area (Å²) in [6, 6.07) is 4.75. The predicted molar refractivity (Wildman–Crippen MR) is 97.1 cm³/mol. The average Bonchev–Trinajstić information content (AvgIpc) is 3.21. The SMILES string of the molecule is Cc1noc(-c2nc(C)c3c(c2N)C(=O)N(Cc2ccccc2C(F)(F)F)C3=O)n1. The maximum absolute atomic E-state index is 13.3. The molecule has 154 valence electrons. The molecular formula is C19H14F3N5O3. The van der Waals surface area contributed by atoms with Gasteiger partial charge in [-0.2, -0.15) is 18.2 Å². The summed E-state index contributed by atoms with van der Waals surface area (Å²) in [6.07, 6.45) is -4.63. The number of amides is 2. The van der Waals surface area contributed by atoms with Gasteiger partial charge < -0.3 is 10.3 Å². The number of imide groups is 1. The van der Waals surface area contributed by atoms with Gasteiger partial charge in [0.15, 0.2) is 11.5 Å². The highest BCUT2D eigenvalue weighted by molar-refractivity contribution is 6.24. The molecule has 2 N–H and O–H groups in total. The van der Waals surface area contributed by atoms with Gasteiger partial charge in [-0.1, -0.05) is 23.4 Å². The fourth-order valence-electron chi connectivity index (χ4n) is 3.37. The number of hydrogen-bond acceptors (Lipinski definition) is 7. The van der Waals surface area contributed by atoms with Crippen LogP contribution in [-0.4, -0.2) is 31.8 Å². The number of nitrogens with zero attached hydrogens (tertiary/aromatic N) is 4.